The van der Waals surface area contributed by atoms with E-state index in [9.17, 15) is 4.79 Å². The average Bonchev–Trinajstić information content (AvgIpc) is 2.54. The van der Waals surface area contributed by atoms with Crippen molar-refractivity contribution in [1.82, 2.24) is 0 Å². The Balaban J connectivity index is 1.60. The Morgan fingerprint density at radius 1 is 1.21 bits per heavy atom. The molecule has 1 N–H and O–H groups in total. The van der Waals surface area contributed by atoms with E-state index in [1.807, 2.05) is 68.5 Å². The third kappa shape index (κ3) is 4.17. The van der Waals surface area contributed by atoms with Crippen molar-refractivity contribution in [1.29, 1.82) is 0 Å². The molecule has 3 rings (SSSR count). The zero-order valence-corrected chi connectivity index (χ0v) is 15.1. The number of rotatable bonds is 4. The predicted octanol–water partition coefficient (Wildman–Crippen LogP) is 4.65. The van der Waals surface area contributed by atoms with Crippen LogP contribution < -0.4 is 14.8 Å². The van der Waals surface area contributed by atoms with E-state index in [0.717, 1.165) is 21.5 Å². The maximum absolute atomic E-state index is 12.0. The van der Waals surface area contributed by atoms with Crippen LogP contribution in [0.4, 0.5) is 5.69 Å². The zero-order chi connectivity index (χ0) is 17.2. The first-order chi connectivity index (χ1) is 11.4. The fourth-order valence-electron chi connectivity index (χ4n) is 2.32. The number of nitrogens with one attached hydrogen (secondary N) is 1. The van der Waals surface area contributed by atoms with Gasteiger partial charge in [0.2, 0.25) is 0 Å². The van der Waals surface area contributed by atoms with Gasteiger partial charge in [0.15, 0.2) is 6.61 Å². The van der Waals surface area contributed by atoms with Crippen molar-refractivity contribution in [2.75, 3.05) is 11.9 Å². The standard InChI is InChI=1S/C19H18BrNO3/c1-19(2)10-9-13-3-8-16(11-17(13)24-19)23-12-18(22)21-15-6-4-14(20)5-7-15/h3-11H,12H2,1-2H3,(H,21,22). The van der Waals surface area contributed by atoms with Crippen molar-refractivity contribution in [3.05, 3.63) is 58.6 Å². The Kier molecular flexibility index (Phi) is 4.62. The van der Waals surface area contributed by atoms with Crippen molar-refractivity contribution < 1.29 is 14.3 Å². The number of amides is 1. The lowest BCUT2D eigenvalue weighted by atomic mass is 10.0. The van der Waals surface area contributed by atoms with Gasteiger partial charge < -0.3 is 14.8 Å². The molecule has 1 aliphatic heterocycles. The first kappa shape index (κ1) is 16.6. The summed E-state index contributed by atoms with van der Waals surface area (Å²) in [6.07, 6.45) is 4.05. The van der Waals surface area contributed by atoms with Crippen LogP contribution in [-0.2, 0) is 4.79 Å². The second-order valence-electron chi connectivity index (χ2n) is 6.08. The average molecular weight is 388 g/mol. The van der Waals surface area contributed by atoms with Crippen LogP contribution in [0.2, 0.25) is 0 Å². The van der Waals surface area contributed by atoms with Gasteiger partial charge in [-0.2, -0.15) is 0 Å². The van der Waals surface area contributed by atoms with Crippen LogP contribution in [0.5, 0.6) is 11.5 Å². The number of carbonyl (C=O) groups is 1. The Labute approximate surface area is 149 Å². The smallest absolute Gasteiger partial charge is 0.262 e. The molecule has 0 aromatic heterocycles. The topological polar surface area (TPSA) is 47.6 Å². The minimum atomic E-state index is -0.343. The third-order valence-electron chi connectivity index (χ3n) is 3.52. The number of halogens is 1. The number of hydrogen-bond acceptors (Lipinski definition) is 3. The van der Waals surface area contributed by atoms with Gasteiger partial charge >= 0.3 is 0 Å². The number of ether oxygens (including phenoxy) is 2. The molecule has 0 fully saturated rings. The van der Waals surface area contributed by atoms with Gasteiger partial charge in [-0.15, -0.1) is 0 Å². The number of anilines is 1. The molecule has 0 bridgehead atoms. The summed E-state index contributed by atoms with van der Waals surface area (Å²) in [5, 5.41) is 2.79. The van der Waals surface area contributed by atoms with Crippen LogP contribution in [0.15, 0.2) is 53.0 Å². The molecule has 0 spiro atoms. The molecule has 0 atom stereocenters. The highest BCUT2D eigenvalue weighted by Crippen LogP contribution is 2.33. The molecule has 2 aromatic rings. The van der Waals surface area contributed by atoms with Crippen LogP contribution >= 0.6 is 15.9 Å². The van der Waals surface area contributed by atoms with E-state index in [1.54, 1.807) is 0 Å². The normalized spacial score (nSPS) is 14.5. The highest BCUT2D eigenvalue weighted by Gasteiger charge is 2.21. The molecule has 0 radical (unpaired) electrons. The van der Waals surface area contributed by atoms with E-state index in [0.29, 0.717) is 5.75 Å². The van der Waals surface area contributed by atoms with Crippen molar-refractivity contribution in [2.45, 2.75) is 19.4 Å². The van der Waals surface area contributed by atoms with Gasteiger partial charge in [-0.3, -0.25) is 4.79 Å². The van der Waals surface area contributed by atoms with Crippen molar-refractivity contribution in [3.63, 3.8) is 0 Å². The maximum atomic E-state index is 12.0. The lowest BCUT2D eigenvalue weighted by molar-refractivity contribution is -0.118. The molecule has 0 aliphatic carbocycles. The summed E-state index contributed by atoms with van der Waals surface area (Å²) in [4.78, 5) is 12.0. The first-order valence-corrected chi connectivity index (χ1v) is 8.41. The van der Waals surface area contributed by atoms with Crippen molar-refractivity contribution >= 4 is 33.6 Å². The Morgan fingerprint density at radius 3 is 2.71 bits per heavy atom. The first-order valence-electron chi connectivity index (χ1n) is 7.62. The summed E-state index contributed by atoms with van der Waals surface area (Å²) in [7, 11) is 0. The molecular formula is C19H18BrNO3. The molecule has 4 nitrogen and oxygen atoms in total. The van der Waals surface area contributed by atoms with Gasteiger partial charge in [0.05, 0.1) is 0 Å². The van der Waals surface area contributed by atoms with Gasteiger partial charge in [-0.1, -0.05) is 22.0 Å². The minimum absolute atomic E-state index is 0.0614. The monoisotopic (exact) mass is 387 g/mol. The lowest BCUT2D eigenvalue weighted by Gasteiger charge is -2.28. The van der Waals surface area contributed by atoms with E-state index in [-0.39, 0.29) is 18.1 Å². The number of hydrogen-bond donors (Lipinski definition) is 1. The lowest BCUT2D eigenvalue weighted by Crippen LogP contribution is -2.27. The fourth-order valence-corrected chi connectivity index (χ4v) is 2.58. The van der Waals surface area contributed by atoms with E-state index >= 15 is 0 Å². The Bertz CT molecular complexity index is 782. The van der Waals surface area contributed by atoms with E-state index in [2.05, 4.69) is 21.2 Å². The van der Waals surface area contributed by atoms with Crippen molar-refractivity contribution in [2.24, 2.45) is 0 Å². The molecule has 5 heteroatoms. The second-order valence-corrected chi connectivity index (χ2v) is 7.00. The minimum Gasteiger partial charge on any atom is -0.484 e. The van der Waals surface area contributed by atoms with Gasteiger partial charge in [0, 0.05) is 21.8 Å². The molecule has 0 unspecified atom stereocenters. The third-order valence-corrected chi connectivity index (χ3v) is 4.05. The molecule has 0 saturated heterocycles. The van der Waals surface area contributed by atoms with E-state index < -0.39 is 0 Å². The van der Waals surface area contributed by atoms with Gasteiger partial charge in [-0.05, 0) is 56.3 Å². The summed E-state index contributed by atoms with van der Waals surface area (Å²) in [6.45, 7) is 3.92. The SMILES string of the molecule is CC1(C)C=Cc2ccc(OCC(=O)Nc3ccc(Br)cc3)cc2O1. The number of fused-ring (bicyclic) bond motifs is 1. The summed E-state index contributed by atoms with van der Waals surface area (Å²) in [5.74, 6) is 1.15. The molecular weight excluding hydrogens is 370 g/mol. The fraction of sp³-hybridized carbons (Fsp3) is 0.211. The van der Waals surface area contributed by atoms with E-state index in [1.165, 1.54) is 0 Å². The van der Waals surface area contributed by atoms with Gasteiger partial charge in [0.25, 0.3) is 5.91 Å². The van der Waals surface area contributed by atoms with Crippen LogP contribution in [0.3, 0.4) is 0 Å². The highest BCUT2D eigenvalue weighted by atomic mass is 79.9. The Morgan fingerprint density at radius 2 is 1.96 bits per heavy atom. The maximum Gasteiger partial charge on any atom is 0.262 e. The van der Waals surface area contributed by atoms with Gasteiger partial charge in [-0.25, -0.2) is 0 Å². The summed E-state index contributed by atoms with van der Waals surface area (Å²) < 4.78 is 12.4. The quantitative estimate of drug-likeness (QED) is 0.830. The number of carbonyl (C=O) groups excluding carboxylic acids is 1. The highest BCUT2D eigenvalue weighted by molar-refractivity contribution is 9.10. The van der Waals surface area contributed by atoms with Crippen LogP contribution in [0, 0.1) is 0 Å². The molecule has 24 heavy (non-hydrogen) atoms. The molecule has 1 amide bonds. The largest absolute Gasteiger partial charge is 0.484 e. The molecule has 124 valence electrons. The molecule has 1 aliphatic rings. The molecule has 2 aromatic carbocycles. The zero-order valence-electron chi connectivity index (χ0n) is 13.5. The van der Waals surface area contributed by atoms with Crippen LogP contribution in [0.1, 0.15) is 19.4 Å². The predicted molar refractivity (Wildman–Crippen MR) is 98.4 cm³/mol. The molecule has 1 heterocycles. The summed E-state index contributed by atoms with van der Waals surface area (Å²) in [6, 6.07) is 12.9. The second kappa shape index (κ2) is 6.69. The summed E-state index contributed by atoms with van der Waals surface area (Å²) >= 11 is 3.36. The van der Waals surface area contributed by atoms with Crippen molar-refractivity contribution in [3.8, 4) is 11.5 Å². The molecule has 0 saturated carbocycles. The number of benzene rings is 2. The van der Waals surface area contributed by atoms with E-state index in [4.69, 9.17) is 9.47 Å². The van der Waals surface area contributed by atoms with Gasteiger partial charge in [0.1, 0.15) is 17.1 Å². The summed E-state index contributed by atoms with van der Waals surface area (Å²) in [5.41, 5.74) is 1.39. The van der Waals surface area contributed by atoms with Crippen LogP contribution in [0.25, 0.3) is 6.08 Å². The Hall–Kier alpha value is -2.27. The van der Waals surface area contributed by atoms with Crippen LogP contribution in [-0.4, -0.2) is 18.1 Å².